The lowest BCUT2D eigenvalue weighted by Gasteiger charge is -2.05. The number of carboxylic acid groups (broad SMARTS) is 1. The van der Waals surface area contributed by atoms with Crippen LogP contribution in [0.1, 0.15) is 19.8 Å². The molecule has 1 N–H and O–H groups in total. The molecule has 0 bridgehead atoms. The van der Waals surface area contributed by atoms with Crippen LogP contribution in [0.5, 0.6) is 0 Å². The van der Waals surface area contributed by atoms with E-state index in [0.29, 0.717) is 13.2 Å². The maximum absolute atomic E-state index is 11.0. The van der Waals surface area contributed by atoms with Crippen molar-refractivity contribution in [3.63, 3.8) is 0 Å². The van der Waals surface area contributed by atoms with Gasteiger partial charge in [0.05, 0.1) is 13.0 Å². The fraction of sp³-hybridized carbons (Fsp3) is 0.600. The summed E-state index contributed by atoms with van der Waals surface area (Å²) in [5.41, 5.74) is -0.172. The minimum absolute atomic E-state index is 0.145. The number of carbonyl (C=O) groups is 2. The molecule has 0 aromatic rings. The Labute approximate surface area is 88.7 Å². The van der Waals surface area contributed by atoms with Gasteiger partial charge in [-0.2, -0.15) is 0 Å². The molecule has 0 atom stereocenters. The quantitative estimate of drug-likeness (QED) is 0.372. The Morgan fingerprint density at radius 1 is 1.27 bits per heavy atom. The first-order valence-corrected chi connectivity index (χ1v) is 4.72. The lowest BCUT2D eigenvalue weighted by molar-refractivity contribution is -0.146. The molecule has 0 aliphatic rings. The van der Waals surface area contributed by atoms with Crippen LogP contribution in [0.15, 0.2) is 12.2 Å². The molecule has 0 spiro atoms. The third-order valence-electron chi connectivity index (χ3n) is 1.50. The van der Waals surface area contributed by atoms with E-state index in [1.165, 1.54) is 0 Å². The Kier molecular flexibility index (Phi) is 7.27. The van der Waals surface area contributed by atoms with E-state index < -0.39 is 11.9 Å². The van der Waals surface area contributed by atoms with Crippen LogP contribution < -0.4 is 0 Å². The van der Waals surface area contributed by atoms with E-state index in [2.05, 4.69) is 6.58 Å². The molecule has 0 fully saturated rings. The summed E-state index contributed by atoms with van der Waals surface area (Å²) in [5.74, 6) is -1.78. The number of carboxylic acids is 1. The Hall–Kier alpha value is -1.36. The molecule has 5 nitrogen and oxygen atoms in total. The lowest BCUT2D eigenvalue weighted by atomic mass is 10.2. The average Bonchev–Trinajstić information content (AvgIpc) is 2.17. The highest BCUT2D eigenvalue weighted by atomic mass is 16.6. The molecule has 15 heavy (non-hydrogen) atoms. The van der Waals surface area contributed by atoms with Crippen molar-refractivity contribution in [2.24, 2.45) is 0 Å². The molecule has 0 saturated carbocycles. The van der Waals surface area contributed by atoms with E-state index in [-0.39, 0.29) is 18.6 Å². The van der Waals surface area contributed by atoms with Gasteiger partial charge in [0, 0.05) is 12.2 Å². The van der Waals surface area contributed by atoms with Crippen LogP contribution in [-0.2, 0) is 19.1 Å². The van der Waals surface area contributed by atoms with Crippen molar-refractivity contribution in [1.29, 1.82) is 0 Å². The monoisotopic (exact) mass is 216 g/mol. The summed E-state index contributed by atoms with van der Waals surface area (Å²) in [6.45, 7) is 6.30. The molecule has 86 valence electrons. The van der Waals surface area contributed by atoms with E-state index in [1.54, 1.807) is 0 Å². The van der Waals surface area contributed by atoms with Crippen molar-refractivity contribution in [2.75, 3.05) is 19.8 Å². The van der Waals surface area contributed by atoms with Gasteiger partial charge in [-0.15, -0.1) is 0 Å². The number of hydrogen-bond acceptors (Lipinski definition) is 4. The van der Waals surface area contributed by atoms with Gasteiger partial charge in [-0.3, -0.25) is 4.79 Å². The van der Waals surface area contributed by atoms with E-state index in [1.807, 2.05) is 6.92 Å². The third kappa shape index (κ3) is 7.69. The largest absolute Gasteiger partial charge is 0.478 e. The first kappa shape index (κ1) is 13.6. The molecule has 0 unspecified atom stereocenters. The normalized spacial score (nSPS) is 9.67. The van der Waals surface area contributed by atoms with Gasteiger partial charge in [0.15, 0.2) is 0 Å². The summed E-state index contributed by atoms with van der Waals surface area (Å²) < 4.78 is 9.79. The molecule has 0 aromatic heterocycles. The summed E-state index contributed by atoms with van der Waals surface area (Å²) >= 11 is 0. The molecular formula is C10H16O5. The second-order valence-electron chi connectivity index (χ2n) is 2.92. The van der Waals surface area contributed by atoms with Crippen molar-refractivity contribution >= 4 is 11.9 Å². The van der Waals surface area contributed by atoms with Crippen molar-refractivity contribution in [3.8, 4) is 0 Å². The second-order valence-corrected chi connectivity index (χ2v) is 2.92. The molecular weight excluding hydrogens is 200 g/mol. The summed E-state index contributed by atoms with van der Waals surface area (Å²) in [6.07, 6.45) is 0.618. The molecule has 5 heteroatoms. The first-order valence-electron chi connectivity index (χ1n) is 4.72. The molecule has 0 aliphatic carbocycles. The van der Waals surface area contributed by atoms with Crippen LogP contribution in [0.4, 0.5) is 0 Å². The van der Waals surface area contributed by atoms with Crippen LogP contribution in [0.2, 0.25) is 0 Å². The van der Waals surface area contributed by atoms with Gasteiger partial charge in [0.25, 0.3) is 0 Å². The highest BCUT2D eigenvalue weighted by Gasteiger charge is 2.10. The fourth-order valence-corrected chi connectivity index (χ4v) is 0.762. The first-order chi connectivity index (χ1) is 7.07. The molecule has 0 radical (unpaired) electrons. The van der Waals surface area contributed by atoms with Crippen molar-refractivity contribution in [1.82, 2.24) is 0 Å². The number of hydrogen-bond donors (Lipinski definition) is 1. The number of esters is 1. The minimum atomic E-state index is -1.19. The van der Waals surface area contributed by atoms with Gasteiger partial charge in [-0.05, 0) is 6.42 Å². The predicted molar refractivity (Wildman–Crippen MR) is 53.5 cm³/mol. The Bertz CT molecular complexity index is 234. The standard InChI is InChI=1S/C10H16O5/c1-3-4-14-5-6-15-9(11)7-8(2)10(12)13/h2-7H2,1H3,(H,12,13). The fourth-order valence-electron chi connectivity index (χ4n) is 0.762. The second kappa shape index (κ2) is 7.99. The van der Waals surface area contributed by atoms with Crippen molar-refractivity contribution < 1.29 is 24.2 Å². The van der Waals surface area contributed by atoms with Crippen LogP contribution in [0.3, 0.4) is 0 Å². The van der Waals surface area contributed by atoms with E-state index >= 15 is 0 Å². The minimum Gasteiger partial charge on any atom is -0.478 e. The van der Waals surface area contributed by atoms with Gasteiger partial charge in [0.1, 0.15) is 6.61 Å². The van der Waals surface area contributed by atoms with Crippen LogP contribution in [0.25, 0.3) is 0 Å². The molecule has 0 aliphatic heterocycles. The van der Waals surface area contributed by atoms with Gasteiger partial charge in [-0.1, -0.05) is 13.5 Å². The zero-order valence-corrected chi connectivity index (χ0v) is 8.82. The average molecular weight is 216 g/mol. The SMILES string of the molecule is C=C(CC(=O)OCCOCCC)C(=O)O. The number of aliphatic carboxylic acids is 1. The molecule has 0 aromatic carbocycles. The van der Waals surface area contributed by atoms with Gasteiger partial charge >= 0.3 is 11.9 Å². The van der Waals surface area contributed by atoms with Crippen LogP contribution >= 0.6 is 0 Å². The maximum atomic E-state index is 11.0. The molecule has 0 saturated heterocycles. The van der Waals surface area contributed by atoms with Crippen LogP contribution in [0, 0.1) is 0 Å². The predicted octanol–water partition coefficient (Wildman–Crippen LogP) is 0.987. The van der Waals surface area contributed by atoms with Gasteiger partial charge in [0.2, 0.25) is 0 Å². The lowest BCUT2D eigenvalue weighted by Crippen LogP contribution is -2.13. The highest BCUT2D eigenvalue weighted by molar-refractivity contribution is 5.91. The number of ether oxygens (including phenoxy) is 2. The number of rotatable bonds is 8. The van der Waals surface area contributed by atoms with Crippen molar-refractivity contribution in [3.05, 3.63) is 12.2 Å². The maximum Gasteiger partial charge on any atom is 0.331 e. The zero-order valence-electron chi connectivity index (χ0n) is 8.82. The Morgan fingerprint density at radius 2 is 1.93 bits per heavy atom. The molecule has 0 heterocycles. The van der Waals surface area contributed by atoms with Crippen molar-refractivity contribution in [2.45, 2.75) is 19.8 Å². The van der Waals surface area contributed by atoms with E-state index in [4.69, 9.17) is 14.6 Å². The van der Waals surface area contributed by atoms with E-state index in [9.17, 15) is 9.59 Å². The zero-order chi connectivity index (χ0) is 11.7. The summed E-state index contributed by atoms with van der Waals surface area (Å²) in [7, 11) is 0. The number of carbonyl (C=O) groups excluding carboxylic acids is 1. The summed E-state index contributed by atoms with van der Waals surface area (Å²) in [6, 6.07) is 0. The Balaban J connectivity index is 3.49. The smallest absolute Gasteiger partial charge is 0.331 e. The van der Waals surface area contributed by atoms with Gasteiger partial charge in [-0.25, -0.2) is 4.79 Å². The van der Waals surface area contributed by atoms with E-state index in [0.717, 1.165) is 6.42 Å². The summed E-state index contributed by atoms with van der Waals surface area (Å²) in [4.78, 5) is 21.3. The molecule has 0 rings (SSSR count). The third-order valence-corrected chi connectivity index (χ3v) is 1.50. The molecule has 0 amide bonds. The van der Waals surface area contributed by atoms with Crippen LogP contribution in [-0.4, -0.2) is 36.9 Å². The highest BCUT2D eigenvalue weighted by Crippen LogP contribution is 1.99. The summed E-state index contributed by atoms with van der Waals surface area (Å²) in [5, 5.41) is 8.44. The topological polar surface area (TPSA) is 72.8 Å². The van der Waals surface area contributed by atoms with Gasteiger partial charge < -0.3 is 14.6 Å². The Morgan fingerprint density at radius 3 is 2.47 bits per heavy atom.